The van der Waals surface area contributed by atoms with Crippen molar-refractivity contribution in [2.75, 3.05) is 30.4 Å². The van der Waals surface area contributed by atoms with Gasteiger partial charge < -0.3 is 10.2 Å². The van der Waals surface area contributed by atoms with Crippen LogP contribution in [-0.2, 0) is 0 Å². The predicted octanol–water partition coefficient (Wildman–Crippen LogP) is 1.93. The van der Waals surface area contributed by atoms with Gasteiger partial charge in [-0.2, -0.15) is 0 Å². The zero-order valence-corrected chi connectivity index (χ0v) is 9.70. The summed E-state index contributed by atoms with van der Waals surface area (Å²) in [4.78, 5) is 13.4. The fraction of sp³-hybridized carbons (Fsp3) is 0.600. The molecule has 0 amide bonds. The van der Waals surface area contributed by atoms with Crippen molar-refractivity contribution in [1.29, 1.82) is 0 Å². The lowest BCUT2D eigenvalue weighted by atomic mass is 10.2. The molecule has 0 spiro atoms. The second-order valence-electron chi connectivity index (χ2n) is 3.32. The highest BCUT2D eigenvalue weighted by Gasteiger charge is 2.19. The van der Waals surface area contributed by atoms with E-state index in [0.29, 0.717) is 4.51 Å². The summed E-state index contributed by atoms with van der Waals surface area (Å²) in [6, 6.07) is 0. The molecule has 14 heavy (non-hydrogen) atoms. The second kappa shape index (κ2) is 4.55. The Labute approximate surface area is 89.4 Å². The zero-order chi connectivity index (χ0) is 10.7. The molecular formula is C10H16N2OS. The van der Waals surface area contributed by atoms with Crippen molar-refractivity contribution >= 4 is 23.6 Å². The monoisotopic (exact) mass is 212 g/mol. The second-order valence-corrected chi connectivity index (χ2v) is 3.73. The van der Waals surface area contributed by atoms with Gasteiger partial charge in [0.1, 0.15) is 10.2 Å². The van der Waals surface area contributed by atoms with Crippen LogP contribution in [0.5, 0.6) is 0 Å². The third-order valence-corrected chi connectivity index (χ3v) is 2.68. The first-order valence-corrected chi connectivity index (χ1v) is 5.32. The largest absolute Gasteiger partial charge is 0.382 e. The molecular weight excluding hydrogens is 196 g/mol. The molecule has 0 heterocycles. The summed E-state index contributed by atoms with van der Waals surface area (Å²) in [6.07, 6.45) is 1.03. The first-order chi connectivity index (χ1) is 6.63. The number of rotatable bonds is 5. The van der Waals surface area contributed by atoms with Crippen molar-refractivity contribution in [3.05, 3.63) is 14.7 Å². The third-order valence-electron chi connectivity index (χ3n) is 2.29. The third kappa shape index (κ3) is 1.80. The number of hydrogen-bond acceptors (Lipinski definition) is 4. The Kier molecular flexibility index (Phi) is 3.63. The van der Waals surface area contributed by atoms with E-state index in [1.807, 2.05) is 18.9 Å². The molecule has 0 saturated carbocycles. The number of nitrogens with one attached hydrogen (secondary N) is 1. The van der Waals surface area contributed by atoms with Crippen LogP contribution in [0.4, 0.5) is 11.4 Å². The minimum atomic E-state index is 0.00273. The number of hydrogen-bond donors (Lipinski definition) is 1. The summed E-state index contributed by atoms with van der Waals surface area (Å²) in [5, 5.41) is 3.19. The molecule has 0 unspecified atom stereocenters. The highest BCUT2D eigenvalue weighted by molar-refractivity contribution is 7.71. The number of nitrogens with zero attached hydrogens (tertiary/aromatic N) is 1. The molecule has 4 heteroatoms. The molecule has 0 aromatic heterocycles. The summed E-state index contributed by atoms with van der Waals surface area (Å²) >= 11 is 4.99. The highest BCUT2D eigenvalue weighted by Crippen LogP contribution is 2.25. The molecule has 1 aromatic carbocycles. The maximum absolute atomic E-state index is 11.5. The highest BCUT2D eigenvalue weighted by atomic mass is 32.1. The van der Waals surface area contributed by atoms with E-state index >= 15 is 0 Å². The van der Waals surface area contributed by atoms with E-state index in [4.69, 9.17) is 12.2 Å². The maximum atomic E-state index is 11.5. The molecule has 0 aliphatic carbocycles. The van der Waals surface area contributed by atoms with Gasteiger partial charge in [-0.05, 0) is 13.3 Å². The van der Waals surface area contributed by atoms with Crippen LogP contribution in [-0.4, -0.2) is 20.1 Å². The first-order valence-electron chi connectivity index (χ1n) is 4.91. The Hall–Kier alpha value is -0.900. The van der Waals surface area contributed by atoms with E-state index in [1.54, 1.807) is 0 Å². The summed E-state index contributed by atoms with van der Waals surface area (Å²) in [7, 11) is 1.91. The van der Waals surface area contributed by atoms with Crippen molar-refractivity contribution < 1.29 is 0 Å². The van der Waals surface area contributed by atoms with E-state index < -0.39 is 0 Å². The first kappa shape index (κ1) is 11.2. The molecule has 0 aliphatic heterocycles. The average molecular weight is 212 g/mol. The van der Waals surface area contributed by atoms with Crippen LogP contribution in [0.25, 0.3) is 0 Å². The van der Waals surface area contributed by atoms with Gasteiger partial charge in [-0.3, -0.25) is 4.79 Å². The van der Waals surface area contributed by atoms with Crippen molar-refractivity contribution in [2.45, 2.75) is 20.3 Å². The molecule has 0 aliphatic rings. The zero-order valence-electron chi connectivity index (χ0n) is 8.89. The van der Waals surface area contributed by atoms with E-state index in [-0.39, 0.29) is 5.43 Å². The van der Waals surface area contributed by atoms with Crippen LogP contribution in [0.1, 0.15) is 20.3 Å². The van der Waals surface area contributed by atoms with Crippen LogP contribution < -0.4 is 15.6 Å². The SMILES string of the molecule is CCCNc1c(N(C)CC)c(=O)c1=S. The molecule has 78 valence electrons. The Bertz CT molecular complexity index is 379. The van der Waals surface area contributed by atoms with Crippen molar-refractivity contribution in [3.63, 3.8) is 0 Å². The van der Waals surface area contributed by atoms with Crippen LogP contribution in [0.3, 0.4) is 0 Å². The summed E-state index contributed by atoms with van der Waals surface area (Å²) in [5.41, 5.74) is 1.60. The molecule has 1 rings (SSSR count). The van der Waals surface area contributed by atoms with Gasteiger partial charge in [-0.1, -0.05) is 19.1 Å². The fourth-order valence-electron chi connectivity index (χ4n) is 1.32. The van der Waals surface area contributed by atoms with Crippen LogP contribution >= 0.6 is 12.2 Å². The molecule has 0 fully saturated rings. The van der Waals surface area contributed by atoms with E-state index in [1.165, 1.54) is 0 Å². The van der Waals surface area contributed by atoms with Crippen molar-refractivity contribution in [2.24, 2.45) is 0 Å². The van der Waals surface area contributed by atoms with Gasteiger partial charge in [0.15, 0.2) is 0 Å². The number of anilines is 2. The average Bonchev–Trinajstić information content (AvgIpc) is 2.21. The fourth-order valence-corrected chi connectivity index (χ4v) is 1.58. The van der Waals surface area contributed by atoms with Gasteiger partial charge in [0.2, 0.25) is 5.43 Å². The van der Waals surface area contributed by atoms with E-state index in [2.05, 4.69) is 12.2 Å². The molecule has 1 N–H and O–H groups in total. The van der Waals surface area contributed by atoms with Crippen LogP contribution in [0.2, 0.25) is 0 Å². The molecule has 0 radical (unpaired) electrons. The maximum Gasteiger partial charge on any atom is 0.224 e. The lowest BCUT2D eigenvalue weighted by Crippen LogP contribution is -2.29. The molecule has 0 bridgehead atoms. The Morgan fingerprint density at radius 2 is 2.07 bits per heavy atom. The van der Waals surface area contributed by atoms with E-state index in [9.17, 15) is 4.79 Å². The minimum Gasteiger partial charge on any atom is -0.382 e. The van der Waals surface area contributed by atoms with Gasteiger partial charge in [0.05, 0.1) is 5.69 Å². The van der Waals surface area contributed by atoms with E-state index in [0.717, 1.165) is 30.9 Å². The van der Waals surface area contributed by atoms with Crippen LogP contribution in [0.15, 0.2) is 4.79 Å². The van der Waals surface area contributed by atoms with Gasteiger partial charge in [0.25, 0.3) is 0 Å². The summed E-state index contributed by atoms with van der Waals surface area (Å²) < 4.78 is 0.453. The van der Waals surface area contributed by atoms with Gasteiger partial charge >= 0.3 is 0 Å². The van der Waals surface area contributed by atoms with Crippen molar-refractivity contribution in [1.82, 2.24) is 0 Å². The van der Waals surface area contributed by atoms with Crippen molar-refractivity contribution in [3.8, 4) is 0 Å². The summed E-state index contributed by atoms with van der Waals surface area (Å²) in [6.45, 7) is 5.78. The van der Waals surface area contributed by atoms with Gasteiger partial charge in [-0.15, -0.1) is 0 Å². The summed E-state index contributed by atoms with van der Waals surface area (Å²) in [5.74, 6) is 0. The Balaban J connectivity index is 2.89. The lowest BCUT2D eigenvalue weighted by molar-refractivity contribution is 0.937. The van der Waals surface area contributed by atoms with Gasteiger partial charge in [0, 0.05) is 20.1 Å². The Morgan fingerprint density at radius 1 is 1.43 bits per heavy atom. The smallest absolute Gasteiger partial charge is 0.224 e. The topological polar surface area (TPSA) is 32.3 Å². The lowest BCUT2D eigenvalue weighted by Gasteiger charge is -2.22. The molecule has 0 saturated heterocycles. The standard InChI is InChI=1S/C10H16N2OS/c1-4-6-11-7-8(12(3)5-2)9(13)10(7)14/h11H,4-6H2,1-3H3. The Morgan fingerprint density at radius 3 is 2.57 bits per heavy atom. The van der Waals surface area contributed by atoms with Crippen LogP contribution in [0, 0.1) is 4.51 Å². The predicted molar refractivity (Wildman–Crippen MR) is 63.6 cm³/mol. The molecule has 3 nitrogen and oxygen atoms in total. The quantitative estimate of drug-likeness (QED) is 0.756. The van der Waals surface area contributed by atoms with Gasteiger partial charge in [-0.25, -0.2) is 0 Å². The minimum absolute atomic E-state index is 0.00273. The molecule has 0 atom stereocenters. The molecule has 1 aromatic rings. The normalized spacial score (nSPS) is 10.5.